The summed E-state index contributed by atoms with van der Waals surface area (Å²) in [6, 6.07) is 13.6. The van der Waals surface area contributed by atoms with Gasteiger partial charge in [-0.05, 0) is 29.5 Å². The smallest absolute Gasteiger partial charge is 0.293 e. The second-order valence-electron chi connectivity index (χ2n) is 6.63. The number of para-hydroxylation sites is 1. The number of benzene rings is 2. The van der Waals surface area contributed by atoms with Gasteiger partial charge in [0.25, 0.3) is 16.8 Å². The van der Waals surface area contributed by atoms with Crippen LogP contribution in [0.2, 0.25) is 0 Å². The fourth-order valence-corrected chi connectivity index (χ4v) is 4.18. The van der Waals surface area contributed by atoms with Gasteiger partial charge in [0.15, 0.2) is 0 Å². The SMILES string of the molecule is C#CCn1cc(/C=C2\SC(=O)N(Cc3cccc([N+](=O)[O-])c3)C2=O)c2ccccc21. The first-order valence-corrected chi connectivity index (χ1v) is 9.79. The van der Waals surface area contributed by atoms with Crippen LogP contribution in [-0.2, 0) is 17.9 Å². The molecule has 8 heteroatoms. The van der Waals surface area contributed by atoms with Crippen molar-refractivity contribution in [1.82, 2.24) is 9.47 Å². The molecule has 0 atom stereocenters. The summed E-state index contributed by atoms with van der Waals surface area (Å²) in [6.45, 7) is 0.366. The van der Waals surface area contributed by atoms with Crippen molar-refractivity contribution in [3.63, 3.8) is 0 Å². The van der Waals surface area contributed by atoms with E-state index in [1.807, 2.05) is 35.0 Å². The number of amides is 2. The van der Waals surface area contributed by atoms with E-state index >= 15 is 0 Å². The number of non-ortho nitro benzene ring substituents is 1. The first-order chi connectivity index (χ1) is 14.5. The highest BCUT2D eigenvalue weighted by molar-refractivity contribution is 8.18. The first-order valence-electron chi connectivity index (χ1n) is 8.98. The van der Waals surface area contributed by atoms with Gasteiger partial charge in [0.1, 0.15) is 0 Å². The molecule has 1 aliphatic rings. The molecule has 1 fully saturated rings. The molecule has 7 nitrogen and oxygen atoms in total. The monoisotopic (exact) mass is 417 g/mol. The molecule has 1 aliphatic heterocycles. The second-order valence-corrected chi connectivity index (χ2v) is 7.62. The summed E-state index contributed by atoms with van der Waals surface area (Å²) in [5.74, 6) is 2.18. The molecule has 2 amide bonds. The van der Waals surface area contributed by atoms with Crippen LogP contribution in [0, 0.1) is 22.5 Å². The lowest BCUT2D eigenvalue weighted by Gasteiger charge is -2.12. The third-order valence-corrected chi connectivity index (χ3v) is 5.61. The number of nitrogens with zero attached hydrogens (tertiary/aromatic N) is 3. The van der Waals surface area contributed by atoms with Gasteiger partial charge in [0.05, 0.1) is 22.9 Å². The van der Waals surface area contributed by atoms with Crippen LogP contribution in [0.4, 0.5) is 10.5 Å². The van der Waals surface area contributed by atoms with Crippen molar-refractivity contribution in [1.29, 1.82) is 0 Å². The Balaban J connectivity index is 1.64. The lowest BCUT2D eigenvalue weighted by molar-refractivity contribution is -0.384. The van der Waals surface area contributed by atoms with E-state index in [-0.39, 0.29) is 12.2 Å². The Morgan fingerprint density at radius 1 is 1.17 bits per heavy atom. The van der Waals surface area contributed by atoms with Gasteiger partial charge in [0.2, 0.25) is 0 Å². The topological polar surface area (TPSA) is 85.4 Å². The molecule has 0 aliphatic carbocycles. The van der Waals surface area contributed by atoms with Crippen molar-refractivity contribution in [2.75, 3.05) is 0 Å². The van der Waals surface area contributed by atoms with Gasteiger partial charge in [0, 0.05) is 34.8 Å². The average Bonchev–Trinajstić information content (AvgIpc) is 3.21. The maximum absolute atomic E-state index is 12.9. The number of aromatic nitrogens is 1. The molecule has 1 saturated heterocycles. The summed E-state index contributed by atoms with van der Waals surface area (Å²) >= 11 is 0.853. The fourth-order valence-electron chi connectivity index (χ4n) is 3.35. The van der Waals surface area contributed by atoms with Crippen LogP contribution in [0.5, 0.6) is 0 Å². The Morgan fingerprint density at radius 2 is 1.97 bits per heavy atom. The molecule has 148 valence electrons. The Hall–Kier alpha value is -3.83. The van der Waals surface area contributed by atoms with E-state index in [9.17, 15) is 19.7 Å². The molecule has 0 spiro atoms. The molecule has 3 aromatic rings. The Labute approximate surface area is 176 Å². The lowest BCUT2D eigenvalue weighted by atomic mass is 10.1. The van der Waals surface area contributed by atoms with Crippen LogP contribution >= 0.6 is 11.8 Å². The third kappa shape index (κ3) is 3.58. The fraction of sp³-hybridized carbons (Fsp3) is 0.0909. The number of nitro groups is 1. The molecule has 4 rings (SSSR count). The summed E-state index contributed by atoms with van der Waals surface area (Å²) in [5.41, 5.74) is 2.16. The second kappa shape index (κ2) is 7.89. The third-order valence-electron chi connectivity index (χ3n) is 4.70. The molecule has 0 radical (unpaired) electrons. The summed E-state index contributed by atoms with van der Waals surface area (Å²) in [5, 5.41) is 11.5. The van der Waals surface area contributed by atoms with Gasteiger partial charge in [-0.25, -0.2) is 0 Å². The predicted molar refractivity (Wildman–Crippen MR) is 115 cm³/mol. The zero-order valence-electron chi connectivity index (χ0n) is 15.6. The van der Waals surface area contributed by atoms with Gasteiger partial charge in [-0.1, -0.05) is 36.3 Å². The number of carbonyl (C=O) groups excluding carboxylic acids is 2. The van der Waals surface area contributed by atoms with Gasteiger partial charge in [-0.15, -0.1) is 6.42 Å². The van der Waals surface area contributed by atoms with Crippen LogP contribution in [-0.4, -0.2) is 25.5 Å². The first kappa shape index (κ1) is 19.5. The van der Waals surface area contributed by atoms with Crippen molar-refractivity contribution in [3.8, 4) is 12.3 Å². The predicted octanol–water partition coefficient (Wildman–Crippen LogP) is 4.42. The summed E-state index contributed by atoms with van der Waals surface area (Å²) in [6.07, 6.45) is 9.00. The molecule has 2 aromatic carbocycles. The van der Waals surface area contributed by atoms with Gasteiger partial charge >= 0.3 is 0 Å². The van der Waals surface area contributed by atoms with E-state index in [0.29, 0.717) is 17.0 Å². The van der Waals surface area contributed by atoms with E-state index < -0.39 is 16.1 Å². The molecule has 0 unspecified atom stereocenters. The Morgan fingerprint density at radius 3 is 2.73 bits per heavy atom. The highest BCUT2D eigenvalue weighted by Crippen LogP contribution is 2.35. The molecule has 30 heavy (non-hydrogen) atoms. The van der Waals surface area contributed by atoms with E-state index in [1.54, 1.807) is 12.1 Å². The van der Waals surface area contributed by atoms with E-state index in [1.165, 1.54) is 18.2 Å². The number of fused-ring (bicyclic) bond motifs is 1. The summed E-state index contributed by atoms with van der Waals surface area (Å²) in [4.78, 5) is 37.1. The highest BCUT2D eigenvalue weighted by Gasteiger charge is 2.35. The minimum atomic E-state index is -0.511. The van der Waals surface area contributed by atoms with Crippen molar-refractivity contribution in [2.45, 2.75) is 13.1 Å². The normalized spacial score (nSPS) is 15.2. The quantitative estimate of drug-likeness (QED) is 0.266. The zero-order chi connectivity index (χ0) is 21.3. The van der Waals surface area contributed by atoms with Crippen LogP contribution in [0.1, 0.15) is 11.1 Å². The van der Waals surface area contributed by atoms with Gasteiger partial charge < -0.3 is 4.57 Å². The molecular formula is C22H15N3O4S. The number of hydrogen-bond acceptors (Lipinski definition) is 5. The van der Waals surface area contributed by atoms with E-state index in [0.717, 1.165) is 33.1 Å². The number of rotatable bonds is 5. The molecular weight excluding hydrogens is 402 g/mol. The van der Waals surface area contributed by atoms with Crippen LogP contribution < -0.4 is 0 Å². The van der Waals surface area contributed by atoms with Gasteiger partial charge in [-0.2, -0.15) is 0 Å². The van der Waals surface area contributed by atoms with E-state index in [2.05, 4.69) is 5.92 Å². The molecule has 0 N–H and O–H groups in total. The van der Waals surface area contributed by atoms with Crippen molar-refractivity contribution in [3.05, 3.63) is 80.9 Å². The number of nitro benzene ring substituents is 1. The molecule has 2 heterocycles. The molecule has 1 aromatic heterocycles. The minimum Gasteiger partial charge on any atom is -0.335 e. The van der Waals surface area contributed by atoms with Crippen molar-refractivity contribution < 1.29 is 14.5 Å². The van der Waals surface area contributed by atoms with Gasteiger partial charge in [-0.3, -0.25) is 24.6 Å². The van der Waals surface area contributed by atoms with Crippen molar-refractivity contribution in [2.24, 2.45) is 0 Å². The standard InChI is InChI=1S/C22H15N3O4S/c1-2-10-23-14-16(18-8-3-4-9-19(18)23)12-20-21(26)24(22(27)30-20)13-15-6-5-7-17(11-15)25(28)29/h1,3-9,11-12,14H,10,13H2/b20-12-. The Bertz CT molecular complexity index is 1270. The van der Waals surface area contributed by atoms with Crippen LogP contribution in [0.3, 0.4) is 0 Å². The maximum atomic E-state index is 12.9. The van der Waals surface area contributed by atoms with Crippen molar-refractivity contribution >= 4 is 45.6 Å². The summed E-state index contributed by atoms with van der Waals surface area (Å²) in [7, 11) is 0. The number of thioether (sulfide) groups is 1. The van der Waals surface area contributed by atoms with E-state index in [4.69, 9.17) is 6.42 Å². The van der Waals surface area contributed by atoms with Crippen LogP contribution in [0.25, 0.3) is 17.0 Å². The average molecular weight is 417 g/mol. The number of carbonyl (C=O) groups is 2. The maximum Gasteiger partial charge on any atom is 0.293 e. The summed E-state index contributed by atoms with van der Waals surface area (Å²) < 4.78 is 1.91. The molecule has 0 saturated carbocycles. The Kier molecular flexibility index (Phi) is 5.12. The zero-order valence-corrected chi connectivity index (χ0v) is 16.5. The lowest BCUT2D eigenvalue weighted by Crippen LogP contribution is -2.27. The largest absolute Gasteiger partial charge is 0.335 e. The number of hydrogen-bond donors (Lipinski definition) is 0. The number of terminal acetylenes is 1. The molecule has 0 bridgehead atoms. The highest BCUT2D eigenvalue weighted by atomic mass is 32.2. The number of imide groups is 1. The van der Waals surface area contributed by atoms with Crippen LogP contribution in [0.15, 0.2) is 59.6 Å². The minimum absolute atomic E-state index is 0.0253.